The van der Waals surface area contributed by atoms with Crippen LogP contribution in [0.25, 0.3) is 6.08 Å². The van der Waals surface area contributed by atoms with Gasteiger partial charge in [0.15, 0.2) is 0 Å². The van der Waals surface area contributed by atoms with Gasteiger partial charge in [-0.25, -0.2) is 4.39 Å². The van der Waals surface area contributed by atoms with Crippen LogP contribution >= 0.6 is 15.9 Å². The van der Waals surface area contributed by atoms with Crippen LogP contribution in [0.3, 0.4) is 0 Å². The van der Waals surface area contributed by atoms with Crippen LogP contribution < -0.4 is 10.1 Å². The first-order valence-corrected chi connectivity index (χ1v) is 9.06. The molecule has 1 N–H and O–H groups in total. The van der Waals surface area contributed by atoms with E-state index in [4.69, 9.17) is 4.74 Å². The van der Waals surface area contributed by atoms with Crippen LogP contribution in [0.1, 0.15) is 17.2 Å². The Morgan fingerprint density at radius 3 is 2.85 bits per heavy atom. The Hall–Kier alpha value is -2.18. The summed E-state index contributed by atoms with van der Waals surface area (Å²) in [5.74, 6) is 0.292. The maximum Gasteiger partial charge on any atom is 0.250 e. The second kappa shape index (κ2) is 8.01. The fraction of sp³-hybridized carbons (Fsp3) is 0.250. The molecule has 0 aliphatic carbocycles. The SMILES string of the molecule is CN(C)C(CNC(=O)C1=Cc2cc(Br)ccc2OC1)c1cccc(F)c1. The molecule has 136 valence electrons. The molecule has 1 amide bonds. The van der Waals surface area contributed by atoms with Crippen LogP contribution in [-0.2, 0) is 4.79 Å². The molecular weight excluding hydrogens is 399 g/mol. The minimum Gasteiger partial charge on any atom is -0.488 e. The summed E-state index contributed by atoms with van der Waals surface area (Å²) in [6.07, 6.45) is 1.84. The van der Waals surface area contributed by atoms with E-state index < -0.39 is 0 Å². The topological polar surface area (TPSA) is 41.6 Å². The van der Waals surface area contributed by atoms with Gasteiger partial charge in [-0.3, -0.25) is 4.79 Å². The molecule has 4 nitrogen and oxygen atoms in total. The fourth-order valence-electron chi connectivity index (χ4n) is 2.89. The summed E-state index contributed by atoms with van der Waals surface area (Å²) in [5, 5.41) is 2.93. The first-order chi connectivity index (χ1) is 12.4. The predicted molar refractivity (Wildman–Crippen MR) is 103 cm³/mol. The molecule has 0 bridgehead atoms. The Kier molecular flexibility index (Phi) is 5.74. The van der Waals surface area contributed by atoms with Crippen molar-refractivity contribution in [1.29, 1.82) is 0 Å². The van der Waals surface area contributed by atoms with E-state index >= 15 is 0 Å². The molecule has 0 aromatic heterocycles. The average molecular weight is 419 g/mol. The first-order valence-electron chi connectivity index (χ1n) is 8.27. The van der Waals surface area contributed by atoms with Crippen LogP contribution in [0, 0.1) is 5.82 Å². The third kappa shape index (κ3) is 4.31. The fourth-order valence-corrected chi connectivity index (χ4v) is 3.27. The van der Waals surface area contributed by atoms with E-state index in [1.54, 1.807) is 6.07 Å². The van der Waals surface area contributed by atoms with E-state index in [0.29, 0.717) is 12.1 Å². The van der Waals surface area contributed by atoms with E-state index in [9.17, 15) is 9.18 Å². The summed E-state index contributed by atoms with van der Waals surface area (Å²) in [5.41, 5.74) is 2.25. The summed E-state index contributed by atoms with van der Waals surface area (Å²) in [7, 11) is 3.80. The van der Waals surface area contributed by atoms with Gasteiger partial charge < -0.3 is 15.0 Å². The van der Waals surface area contributed by atoms with Crippen molar-refractivity contribution >= 4 is 27.9 Å². The highest BCUT2D eigenvalue weighted by Gasteiger charge is 2.20. The smallest absolute Gasteiger partial charge is 0.250 e. The number of benzene rings is 2. The van der Waals surface area contributed by atoms with Gasteiger partial charge in [0.2, 0.25) is 0 Å². The number of nitrogens with zero attached hydrogens (tertiary/aromatic N) is 1. The molecule has 2 aromatic rings. The number of hydrogen-bond donors (Lipinski definition) is 1. The Bertz CT molecular complexity index is 851. The third-order valence-corrected chi connectivity index (χ3v) is 4.78. The van der Waals surface area contributed by atoms with E-state index in [0.717, 1.165) is 21.3 Å². The number of rotatable bonds is 5. The summed E-state index contributed by atoms with van der Waals surface area (Å²) in [6, 6.07) is 12.0. The summed E-state index contributed by atoms with van der Waals surface area (Å²) in [6.45, 7) is 0.602. The lowest BCUT2D eigenvalue weighted by atomic mass is 10.0. The van der Waals surface area contributed by atoms with E-state index in [2.05, 4.69) is 21.2 Å². The van der Waals surface area contributed by atoms with Crippen molar-refractivity contribution < 1.29 is 13.9 Å². The lowest BCUT2D eigenvalue weighted by Crippen LogP contribution is -2.36. The van der Waals surface area contributed by atoms with Gasteiger partial charge in [0.25, 0.3) is 5.91 Å². The van der Waals surface area contributed by atoms with Gasteiger partial charge in [0.1, 0.15) is 18.2 Å². The molecule has 26 heavy (non-hydrogen) atoms. The van der Waals surface area contributed by atoms with Gasteiger partial charge in [-0.2, -0.15) is 0 Å². The highest BCUT2D eigenvalue weighted by atomic mass is 79.9. The Labute approximate surface area is 160 Å². The summed E-state index contributed by atoms with van der Waals surface area (Å²) >= 11 is 3.42. The van der Waals surface area contributed by atoms with E-state index in [1.807, 2.05) is 49.3 Å². The number of halogens is 2. The zero-order valence-electron chi connectivity index (χ0n) is 14.6. The summed E-state index contributed by atoms with van der Waals surface area (Å²) < 4.78 is 20.1. The molecule has 1 heterocycles. The molecule has 0 saturated carbocycles. The van der Waals surface area contributed by atoms with Crippen molar-refractivity contribution in [2.24, 2.45) is 0 Å². The van der Waals surface area contributed by atoms with Crippen molar-refractivity contribution in [1.82, 2.24) is 10.2 Å². The lowest BCUT2D eigenvalue weighted by molar-refractivity contribution is -0.118. The zero-order chi connectivity index (χ0) is 18.7. The number of ether oxygens (including phenoxy) is 1. The average Bonchev–Trinajstić information content (AvgIpc) is 2.61. The second-order valence-electron chi connectivity index (χ2n) is 6.38. The molecule has 1 aliphatic heterocycles. The predicted octanol–water partition coefficient (Wildman–Crippen LogP) is 3.78. The highest BCUT2D eigenvalue weighted by Crippen LogP contribution is 2.29. The minimum atomic E-state index is -0.286. The molecule has 1 atom stereocenters. The monoisotopic (exact) mass is 418 g/mol. The number of fused-ring (bicyclic) bond motifs is 1. The molecule has 0 radical (unpaired) electrons. The standard InChI is InChI=1S/C20H20BrFN2O2/c1-24(2)18(13-4-3-5-17(22)10-13)11-23-20(25)15-8-14-9-16(21)6-7-19(14)26-12-15/h3-10,18H,11-12H2,1-2H3,(H,23,25). The third-order valence-electron chi connectivity index (χ3n) is 4.29. The molecule has 0 fully saturated rings. The normalized spacial score (nSPS) is 14.3. The zero-order valence-corrected chi connectivity index (χ0v) is 16.2. The number of amides is 1. The largest absolute Gasteiger partial charge is 0.488 e. The van der Waals surface area contributed by atoms with Crippen molar-refractivity contribution in [3.63, 3.8) is 0 Å². The van der Waals surface area contributed by atoms with Gasteiger partial charge in [0, 0.05) is 16.6 Å². The Morgan fingerprint density at radius 2 is 2.12 bits per heavy atom. The second-order valence-corrected chi connectivity index (χ2v) is 7.30. The van der Waals surface area contributed by atoms with Gasteiger partial charge >= 0.3 is 0 Å². The highest BCUT2D eigenvalue weighted by molar-refractivity contribution is 9.10. The van der Waals surface area contributed by atoms with E-state index in [1.165, 1.54) is 12.1 Å². The molecule has 0 spiro atoms. The van der Waals surface area contributed by atoms with Crippen molar-refractivity contribution in [2.45, 2.75) is 6.04 Å². The number of hydrogen-bond acceptors (Lipinski definition) is 3. The molecule has 1 unspecified atom stereocenters. The first kappa shape index (κ1) is 18.6. The minimum absolute atomic E-state index is 0.124. The molecule has 6 heteroatoms. The van der Waals surface area contributed by atoms with Crippen molar-refractivity contribution in [3.8, 4) is 5.75 Å². The maximum atomic E-state index is 13.5. The molecular formula is C20H20BrFN2O2. The number of likely N-dealkylation sites (N-methyl/N-ethyl adjacent to an activating group) is 1. The Morgan fingerprint density at radius 1 is 1.31 bits per heavy atom. The summed E-state index contributed by atoms with van der Waals surface area (Å²) in [4.78, 5) is 14.5. The number of nitrogens with one attached hydrogen (secondary N) is 1. The number of carbonyl (C=O) groups excluding carboxylic acids is 1. The van der Waals surface area contributed by atoms with Crippen LogP contribution in [0.15, 0.2) is 52.5 Å². The Balaban J connectivity index is 1.71. The van der Waals surface area contributed by atoms with E-state index in [-0.39, 0.29) is 24.4 Å². The lowest BCUT2D eigenvalue weighted by Gasteiger charge is -2.26. The maximum absolute atomic E-state index is 13.5. The van der Waals surface area contributed by atoms with Gasteiger partial charge in [-0.05, 0) is 56.1 Å². The quantitative estimate of drug-likeness (QED) is 0.802. The molecule has 0 saturated heterocycles. The van der Waals surface area contributed by atoms with Crippen LogP contribution in [0.5, 0.6) is 5.75 Å². The van der Waals surface area contributed by atoms with Crippen LogP contribution in [-0.4, -0.2) is 38.1 Å². The van der Waals surface area contributed by atoms with Gasteiger partial charge in [0.05, 0.1) is 11.6 Å². The van der Waals surface area contributed by atoms with Crippen LogP contribution in [0.4, 0.5) is 4.39 Å². The molecule has 3 rings (SSSR count). The van der Waals surface area contributed by atoms with Crippen LogP contribution in [0.2, 0.25) is 0 Å². The molecule has 2 aromatic carbocycles. The molecule has 1 aliphatic rings. The van der Waals surface area contributed by atoms with Crippen molar-refractivity contribution in [2.75, 3.05) is 27.2 Å². The van der Waals surface area contributed by atoms with Gasteiger partial charge in [-0.1, -0.05) is 28.1 Å². The van der Waals surface area contributed by atoms with Gasteiger partial charge in [-0.15, -0.1) is 0 Å². The van der Waals surface area contributed by atoms with Crippen molar-refractivity contribution in [3.05, 3.63) is 69.5 Å². The number of carbonyl (C=O) groups is 1.